The van der Waals surface area contributed by atoms with E-state index >= 15 is 0 Å². The fraction of sp³-hybridized carbons (Fsp3) is 0.167. The Morgan fingerprint density at radius 2 is 2.25 bits per heavy atom. The average molecular weight is 394 g/mol. The minimum atomic E-state index is -0.264. The molecular formula is C18H18N8OS. The van der Waals surface area contributed by atoms with Crippen molar-refractivity contribution in [2.45, 2.75) is 13.0 Å². The van der Waals surface area contributed by atoms with Gasteiger partial charge in [0, 0.05) is 31.6 Å². The number of amides is 1. The van der Waals surface area contributed by atoms with Crippen molar-refractivity contribution in [3.63, 3.8) is 0 Å². The molecule has 0 saturated carbocycles. The molecule has 4 heterocycles. The summed E-state index contributed by atoms with van der Waals surface area (Å²) in [6.07, 6.45) is 3.35. The summed E-state index contributed by atoms with van der Waals surface area (Å²) >= 11 is 1.48. The standard InChI is InChI=1S/C18H18N8OS/c1-26-16(17(27)21-9-11-5-6-22-25-11)12(8-19)15-18(26)28-14(24-15)7-10-3-2-4-13(20)23-10/h2-6,8,19H,7,9H2,1H3,(H2,20,23)(H,21,27)(H,22,25). The zero-order chi connectivity index (χ0) is 19.7. The van der Waals surface area contributed by atoms with E-state index in [0.717, 1.165) is 21.2 Å². The van der Waals surface area contributed by atoms with Crippen molar-refractivity contribution in [3.05, 3.63) is 58.1 Å². The molecule has 0 aliphatic rings. The normalized spacial score (nSPS) is 11.0. The number of rotatable bonds is 6. The second kappa shape index (κ2) is 7.24. The molecule has 4 aromatic heterocycles. The van der Waals surface area contributed by atoms with Gasteiger partial charge in [-0.25, -0.2) is 9.97 Å². The molecule has 0 aliphatic carbocycles. The lowest BCUT2D eigenvalue weighted by molar-refractivity contribution is 0.0942. The van der Waals surface area contributed by atoms with Crippen LogP contribution in [-0.2, 0) is 20.0 Å². The first-order valence-corrected chi connectivity index (χ1v) is 9.35. The van der Waals surface area contributed by atoms with Crippen LogP contribution in [0.5, 0.6) is 0 Å². The summed E-state index contributed by atoms with van der Waals surface area (Å²) in [5.41, 5.74) is 8.93. The van der Waals surface area contributed by atoms with Gasteiger partial charge < -0.3 is 21.0 Å². The summed E-state index contributed by atoms with van der Waals surface area (Å²) in [6, 6.07) is 7.28. The second-order valence-corrected chi connectivity index (χ2v) is 7.28. The van der Waals surface area contributed by atoms with Crippen LogP contribution in [0.25, 0.3) is 10.3 Å². The molecule has 142 valence electrons. The lowest BCUT2D eigenvalue weighted by atomic mass is 10.2. The summed E-state index contributed by atoms with van der Waals surface area (Å²) in [4.78, 5) is 22.5. The molecule has 1 amide bonds. The van der Waals surface area contributed by atoms with Crippen molar-refractivity contribution in [3.8, 4) is 0 Å². The number of carbonyl (C=O) groups excluding carboxylic acids is 1. The molecule has 0 bridgehead atoms. The first-order chi connectivity index (χ1) is 13.6. The van der Waals surface area contributed by atoms with E-state index in [-0.39, 0.29) is 5.91 Å². The summed E-state index contributed by atoms with van der Waals surface area (Å²) in [6.45, 7) is 0.328. The van der Waals surface area contributed by atoms with Crippen LogP contribution in [0.2, 0.25) is 0 Å². The van der Waals surface area contributed by atoms with Gasteiger partial charge in [0.25, 0.3) is 5.91 Å². The summed E-state index contributed by atoms with van der Waals surface area (Å²) in [7, 11) is 1.81. The Morgan fingerprint density at radius 1 is 1.39 bits per heavy atom. The molecule has 0 radical (unpaired) electrons. The van der Waals surface area contributed by atoms with E-state index in [2.05, 4.69) is 25.5 Å². The highest BCUT2D eigenvalue weighted by Gasteiger charge is 2.23. The molecule has 0 aromatic carbocycles. The van der Waals surface area contributed by atoms with Crippen LogP contribution in [0, 0.1) is 5.41 Å². The van der Waals surface area contributed by atoms with Crippen molar-refractivity contribution in [2.24, 2.45) is 7.05 Å². The van der Waals surface area contributed by atoms with Gasteiger partial charge in [-0.05, 0) is 18.2 Å². The number of aryl methyl sites for hydroxylation is 1. The number of anilines is 1. The van der Waals surface area contributed by atoms with E-state index < -0.39 is 0 Å². The van der Waals surface area contributed by atoms with Crippen molar-refractivity contribution < 1.29 is 4.79 Å². The fourth-order valence-corrected chi connectivity index (χ4v) is 4.09. The number of nitrogens with two attached hydrogens (primary N) is 1. The zero-order valence-electron chi connectivity index (χ0n) is 15.1. The van der Waals surface area contributed by atoms with Crippen LogP contribution >= 0.6 is 11.3 Å². The van der Waals surface area contributed by atoms with Crippen molar-refractivity contribution >= 4 is 39.6 Å². The molecule has 28 heavy (non-hydrogen) atoms. The Morgan fingerprint density at radius 3 is 2.96 bits per heavy atom. The minimum absolute atomic E-state index is 0.264. The maximum atomic E-state index is 12.7. The van der Waals surface area contributed by atoms with Crippen molar-refractivity contribution in [2.75, 3.05) is 5.73 Å². The average Bonchev–Trinajstić information content (AvgIpc) is 3.37. The van der Waals surface area contributed by atoms with E-state index in [1.165, 1.54) is 17.6 Å². The number of hydrogen-bond acceptors (Lipinski definition) is 7. The van der Waals surface area contributed by atoms with Gasteiger partial charge in [0.15, 0.2) is 0 Å². The van der Waals surface area contributed by atoms with Gasteiger partial charge in [-0.3, -0.25) is 9.89 Å². The van der Waals surface area contributed by atoms with E-state index in [1.807, 2.05) is 12.1 Å². The monoisotopic (exact) mass is 394 g/mol. The molecule has 0 spiro atoms. The topological polar surface area (TPSA) is 138 Å². The number of thiazole rings is 1. The quantitative estimate of drug-likeness (QED) is 0.370. The van der Waals surface area contributed by atoms with Crippen LogP contribution in [0.4, 0.5) is 5.82 Å². The molecule has 9 nitrogen and oxygen atoms in total. The molecule has 0 atom stereocenters. The van der Waals surface area contributed by atoms with Gasteiger partial charge in [0.05, 0.1) is 17.8 Å². The molecule has 4 aromatic rings. The molecular weight excluding hydrogens is 376 g/mol. The predicted molar refractivity (Wildman–Crippen MR) is 108 cm³/mol. The van der Waals surface area contributed by atoms with Gasteiger partial charge >= 0.3 is 0 Å². The van der Waals surface area contributed by atoms with Crippen LogP contribution < -0.4 is 11.1 Å². The lowest BCUT2D eigenvalue weighted by Gasteiger charge is -2.06. The van der Waals surface area contributed by atoms with Crippen LogP contribution in [-0.4, -0.2) is 36.9 Å². The van der Waals surface area contributed by atoms with Gasteiger partial charge in [0.2, 0.25) is 0 Å². The maximum Gasteiger partial charge on any atom is 0.269 e. The van der Waals surface area contributed by atoms with Crippen LogP contribution in [0.15, 0.2) is 30.5 Å². The number of aromatic amines is 1. The van der Waals surface area contributed by atoms with E-state index in [1.54, 1.807) is 29.9 Å². The lowest BCUT2D eigenvalue weighted by Crippen LogP contribution is -2.26. The number of aromatic nitrogens is 5. The third-order valence-electron chi connectivity index (χ3n) is 4.32. The van der Waals surface area contributed by atoms with Gasteiger partial charge in [-0.1, -0.05) is 6.07 Å². The highest BCUT2D eigenvalue weighted by molar-refractivity contribution is 7.18. The number of fused-ring (bicyclic) bond motifs is 1. The highest BCUT2D eigenvalue weighted by atomic mass is 32.1. The number of hydrogen-bond donors (Lipinski definition) is 4. The second-order valence-electron chi connectivity index (χ2n) is 6.22. The largest absolute Gasteiger partial charge is 0.384 e. The Kier molecular flexibility index (Phi) is 4.62. The number of pyridine rings is 1. The minimum Gasteiger partial charge on any atom is -0.384 e. The number of nitrogens with one attached hydrogen (secondary N) is 3. The van der Waals surface area contributed by atoms with E-state index in [0.29, 0.717) is 35.6 Å². The summed E-state index contributed by atoms with van der Waals surface area (Å²) in [5.74, 6) is 0.204. The van der Waals surface area contributed by atoms with Crippen LogP contribution in [0.3, 0.4) is 0 Å². The van der Waals surface area contributed by atoms with Gasteiger partial charge in [-0.15, -0.1) is 11.3 Å². The first kappa shape index (κ1) is 17.9. The molecule has 10 heteroatoms. The highest BCUT2D eigenvalue weighted by Crippen LogP contribution is 2.30. The van der Waals surface area contributed by atoms with Gasteiger partial charge in [0.1, 0.15) is 26.9 Å². The molecule has 4 rings (SSSR count). The molecule has 0 aliphatic heterocycles. The van der Waals surface area contributed by atoms with Crippen molar-refractivity contribution in [1.29, 1.82) is 5.41 Å². The van der Waals surface area contributed by atoms with E-state index in [4.69, 9.17) is 11.1 Å². The number of nitrogens with zero attached hydrogens (tertiary/aromatic N) is 4. The fourth-order valence-electron chi connectivity index (χ4n) is 3.03. The molecule has 0 fully saturated rings. The Bertz CT molecular complexity index is 1160. The Balaban J connectivity index is 1.63. The SMILES string of the molecule is Cn1c(C(=O)NCc2ccn[nH]2)c(C=N)c2nc(Cc3cccc(N)n3)sc21. The molecule has 0 unspecified atom stereocenters. The molecule has 5 N–H and O–H groups in total. The number of H-pyrrole nitrogens is 1. The summed E-state index contributed by atoms with van der Waals surface area (Å²) in [5, 5.41) is 18.2. The summed E-state index contributed by atoms with van der Waals surface area (Å²) < 4.78 is 1.78. The maximum absolute atomic E-state index is 12.7. The first-order valence-electron chi connectivity index (χ1n) is 8.53. The third-order valence-corrected chi connectivity index (χ3v) is 5.45. The number of nitrogen functional groups attached to an aromatic ring is 1. The van der Waals surface area contributed by atoms with Gasteiger partial charge in [-0.2, -0.15) is 5.10 Å². The number of carbonyl (C=O) groups is 1. The zero-order valence-corrected chi connectivity index (χ0v) is 15.9. The molecule has 0 saturated heterocycles. The Hall–Kier alpha value is -3.53. The Labute approximate surface area is 164 Å². The smallest absolute Gasteiger partial charge is 0.269 e. The van der Waals surface area contributed by atoms with E-state index in [9.17, 15) is 4.79 Å². The van der Waals surface area contributed by atoms with Crippen LogP contribution in [0.1, 0.15) is 32.4 Å². The third kappa shape index (κ3) is 3.25. The predicted octanol–water partition coefficient (Wildman–Crippen LogP) is 1.85. The van der Waals surface area contributed by atoms with Crippen molar-refractivity contribution in [1.82, 2.24) is 30.0 Å².